The number of hydrogen-bond donors (Lipinski definition) is 3. The van der Waals surface area contributed by atoms with E-state index in [0.717, 1.165) is 37.3 Å². The first-order valence-corrected chi connectivity index (χ1v) is 5.54. The van der Waals surface area contributed by atoms with Gasteiger partial charge in [-0.25, -0.2) is 0 Å². The van der Waals surface area contributed by atoms with Crippen LogP contribution in [0.25, 0.3) is 0 Å². The van der Waals surface area contributed by atoms with Gasteiger partial charge < -0.3 is 16.4 Å². The maximum atomic E-state index is 10.8. The molecule has 0 saturated carbocycles. The Morgan fingerprint density at radius 2 is 1.81 bits per heavy atom. The molecule has 0 atom stereocenters. The molecule has 1 amide bonds. The molecule has 0 aliphatic carbocycles. The van der Waals surface area contributed by atoms with E-state index in [9.17, 15) is 4.79 Å². The SMILES string of the molecule is CC(=O)Nc1ccc(NCCCCN)cc1. The van der Waals surface area contributed by atoms with Crippen molar-refractivity contribution in [2.24, 2.45) is 5.73 Å². The van der Waals surface area contributed by atoms with Gasteiger partial charge in [0.25, 0.3) is 0 Å². The highest BCUT2D eigenvalue weighted by Gasteiger charge is 1.95. The van der Waals surface area contributed by atoms with Crippen LogP contribution in [0.5, 0.6) is 0 Å². The molecule has 16 heavy (non-hydrogen) atoms. The largest absolute Gasteiger partial charge is 0.385 e. The summed E-state index contributed by atoms with van der Waals surface area (Å²) in [5.41, 5.74) is 7.29. The number of carbonyl (C=O) groups excluding carboxylic acids is 1. The molecule has 0 aromatic heterocycles. The molecule has 1 aromatic carbocycles. The number of carbonyl (C=O) groups is 1. The lowest BCUT2D eigenvalue weighted by atomic mass is 10.2. The van der Waals surface area contributed by atoms with Crippen molar-refractivity contribution in [3.63, 3.8) is 0 Å². The quantitative estimate of drug-likeness (QED) is 0.642. The van der Waals surface area contributed by atoms with Gasteiger partial charge in [-0.2, -0.15) is 0 Å². The highest BCUT2D eigenvalue weighted by atomic mass is 16.1. The minimum atomic E-state index is -0.0522. The number of hydrogen-bond acceptors (Lipinski definition) is 3. The minimum absolute atomic E-state index is 0.0522. The van der Waals surface area contributed by atoms with Crippen molar-refractivity contribution in [3.8, 4) is 0 Å². The lowest BCUT2D eigenvalue weighted by Gasteiger charge is -2.07. The van der Waals surface area contributed by atoms with E-state index in [1.54, 1.807) is 0 Å². The third kappa shape index (κ3) is 4.79. The van der Waals surface area contributed by atoms with E-state index in [4.69, 9.17) is 5.73 Å². The molecule has 4 N–H and O–H groups in total. The fourth-order valence-corrected chi connectivity index (χ4v) is 1.38. The Morgan fingerprint density at radius 1 is 1.19 bits per heavy atom. The van der Waals surface area contributed by atoms with E-state index in [1.807, 2.05) is 24.3 Å². The van der Waals surface area contributed by atoms with Gasteiger partial charge in [0, 0.05) is 24.8 Å². The third-order valence-electron chi connectivity index (χ3n) is 2.17. The molecular weight excluding hydrogens is 202 g/mol. The monoisotopic (exact) mass is 221 g/mol. The standard InChI is InChI=1S/C12H19N3O/c1-10(16)15-12-6-4-11(5-7-12)14-9-3-2-8-13/h4-7,14H,2-3,8-9,13H2,1H3,(H,15,16). The number of rotatable bonds is 6. The Balaban J connectivity index is 2.36. The van der Waals surface area contributed by atoms with E-state index in [-0.39, 0.29) is 5.91 Å². The molecule has 0 aliphatic rings. The third-order valence-corrected chi connectivity index (χ3v) is 2.17. The van der Waals surface area contributed by atoms with Crippen molar-refractivity contribution in [3.05, 3.63) is 24.3 Å². The second-order valence-corrected chi connectivity index (χ2v) is 3.68. The molecule has 0 saturated heterocycles. The van der Waals surface area contributed by atoms with E-state index >= 15 is 0 Å². The van der Waals surface area contributed by atoms with Crippen molar-refractivity contribution >= 4 is 17.3 Å². The molecular formula is C12H19N3O. The summed E-state index contributed by atoms with van der Waals surface area (Å²) in [7, 11) is 0. The van der Waals surface area contributed by atoms with Crippen molar-refractivity contribution in [2.75, 3.05) is 23.7 Å². The Labute approximate surface area is 96.2 Å². The number of nitrogens with two attached hydrogens (primary N) is 1. The topological polar surface area (TPSA) is 67.2 Å². The minimum Gasteiger partial charge on any atom is -0.385 e. The normalized spacial score (nSPS) is 9.88. The summed E-state index contributed by atoms with van der Waals surface area (Å²) >= 11 is 0. The van der Waals surface area contributed by atoms with E-state index in [0.29, 0.717) is 0 Å². The highest BCUT2D eigenvalue weighted by molar-refractivity contribution is 5.88. The molecule has 0 bridgehead atoms. The molecule has 0 radical (unpaired) electrons. The van der Waals surface area contributed by atoms with Crippen LogP contribution in [0.15, 0.2) is 24.3 Å². The predicted molar refractivity (Wildman–Crippen MR) is 67.5 cm³/mol. The van der Waals surface area contributed by atoms with Gasteiger partial charge in [-0.3, -0.25) is 4.79 Å². The Morgan fingerprint density at radius 3 is 2.38 bits per heavy atom. The molecule has 4 heteroatoms. The molecule has 4 nitrogen and oxygen atoms in total. The van der Waals surface area contributed by atoms with Gasteiger partial charge in [0.05, 0.1) is 0 Å². The van der Waals surface area contributed by atoms with Crippen LogP contribution in [0.2, 0.25) is 0 Å². The van der Waals surface area contributed by atoms with E-state index in [2.05, 4.69) is 10.6 Å². The number of amides is 1. The zero-order chi connectivity index (χ0) is 11.8. The van der Waals surface area contributed by atoms with E-state index < -0.39 is 0 Å². The zero-order valence-corrected chi connectivity index (χ0v) is 9.62. The van der Waals surface area contributed by atoms with Gasteiger partial charge in [-0.05, 0) is 43.7 Å². The van der Waals surface area contributed by atoms with Crippen LogP contribution in [0.4, 0.5) is 11.4 Å². The summed E-state index contributed by atoms with van der Waals surface area (Å²) in [5.74, 6) is -0.0522. The van der Waals surface area contributed by atoms with E-state index in [1.165, 1.54) is 6.92 Å². The number of anilines is 2. The molecule has 0 fully saturated rings. The van der Waals surface area contributed by atoms with Gasteiger partial charge >= 0.3 is 0 Å². The van der Waals surface area contributed by atoms with Gasteiger partial charge in [-0.15, -0.1) is 0 Å². The smallest absolute Gasteiger partial charge is 0.221 e. The highest BCUT2D eigenvalue weighted by Crippen LogP contribution is 2.13. The lowest BCUT2D eigenvalue weighted by Crippen LogP contribution is -2.07. The Bertz CT molecular complexity index is 322. The maximum absolute atomic E-state index is 10.8. The van der Waals surface area contributed by atoms with Crippen LogP contribution in [-0.2, 0) is 4.79 Å². The first-order chi connectivity index (χ1) is 7.72. The van der Waals surface area contributed by atoms with Crippen LogP contribution in [0.3, 0.4) is 0 Å². The van der Waals surface area contributed by atoms with Gasteiger partial charge in [0.15, 0.2) is 0 Å². The van der Waals surface area contributed by atoms with Crippen LogP contribution in [0, 0.1) is 0 Å². The first-order valence-electron chi connectivity index (χ1n) is 5.54. The van der Waals surface area contributed by atoms with Gasteiger partial charge in [-0.1, -0.05) is 0 Å². The summed E-state index contributed by atoms with van der Waals surface area (Å²) < 4.78 is 0. The molecule has 1 aromatic rings. The molecule has 0 unspecified atom stereocenters. The lowest BCUT2D eigenvalue weighted by molar-refractivity contribution is -0.114. The number of nitrogens with one attached hydrogen (secondary N) is 2. The van der Waals surface area contributed by atoms with Crippen LogP contribution >= 0.6 is 0 Å². The molecule has 0 aliphatic heterocycles. The van der Waals surface area contributed by atoms with Crippen LogP contribution in [-0.4, -0.2) is 19.0 Å². The maximum Gasteiger partial charge on any atom is 0.221 e. The number of unbranched alkanes of at least 4 members (excludes halogenated alkanes) is 1. The van der Waals surface area contributed by atoms with Crippen LogP contribution < -0.4 is 16.4 Å². The van der Waals surface area contributed by atoms with Crippen molar-refractivity contribution in [1.29, 1.82) is 0 Å². The summed E-state index contributed by atoms with van der Waals surface area (Å²) in [6.07, 6.45) is 2.11. The molecule has 0 heterocycles. The average molecular weight is 221 g/mol. The van der Waals surface area contributed by atoms with Crippen molar-refractivity contribution < 1.29 is 4.79 Å². The van der Waals surface area contributed by atoms with Crippen molar-refractivity contribution in [1.82, 2.24) is 0 Å². The average Bonchev–Trinajstić information content (AvgIpc) is 2.26. The summed E-state index contributed by atoms with van der Waals surface area (Å²) in [6.45, 7) is 3.17. The second kappa shape index (κ2) is 6.85. The zero-order valence-electron chi connectivity index (χ0n) is 9.62. The predicted octanol–water partition coefficient (Wildman–Crippen LogP) is 1.80. The number of benzene rings is 1. The van der Waals surface area contributed by atoms with Crippen LogP contribution in [0.1, 0.15) is 19.8 Å². The fourth-order valence-electron chi connectivity index (χ4n) is 1.38. The fraction of sp³-hybridized carbons (Fsp3) is 0.417. The van der Waals surface area contributed by atoms with Gasteiger partial charge in [0.1, 0.15) is 0 Å². The van der Waals surface area contributed by atoms with Crippen molar-refractivity contribution in [2.45, 2.75) is 19.8 Å². The summed E-state index contributed by atoms with van der Waals surface area (Å²) in [5, 5.41) is 6.02. The van der Waals surface area contributed by atoms with Gasteiger partial charge in [0.2, 0.25) is 5.91 Å². The molecule has 0 spiro atoms. The molecule has 1 rings (SSSR count). The first kappa shape index (κ1) is 12.5. The second-order valence-electron chi connectivity index (χ2n) is 3.68. The molecule has 88 valence electrons. The summed E-state index contributed by atoms with van der Waals surface area (Å²) in [4.78, 5) is 10.8. The summed E-state index contributed by atoms with van der Waals surface area (Å²) in [6, 6.07) is 7.67. The Kier molecular flexibility index (Phi) is 5.36. The Hall–Kier alpha value is -1.55.